The highest BCUT2D eigenvalue weighted by molar-refractivity contribution is 5.65. The van der Waals surface area contributed by atoms with Gasteiger partial charge in [-0.3, -0.25) is 0 Å². The predicted octanol–water partition coefficient (Wildman–Crippen LogP) is 2.80. The van der Waals surface area contributed by atoms with Gasteiger partial charge in [0, 0.05) is 6.92 Å². The molecular weight excluding hydrogens is 197 g/mol. The van der Waals surface area contributed by atoms with Gasteiger partial charge in [0.1, 0.15) is 11.6 Å². The summed E-state index contributed by atoms with van der Waals surface area (Å²) in [5.41, 5.74) is 0.306. The van der Waals surface area contributed by atoms with Gasteiger partial charge in [0.25, 0.3) is 0 Å². The second kappa shape index (κ2) is 3.73. The summed E-state index contributed by atoms with van der Waals surface area (Å²) in [6.07, 6.45) is 1.48. The Bertz CT molecular complexity index is 479. The Balaban J connectivity index is 2.60. The summed E-state index contributed by atoms with van der Waals surface area (Å²) < 4.78 is 23.9. The van der Waals surface area contributed by atoms with Crippen molar-refractivity contribution in [3.8, 4) is 17.1 Å². The summed E-state index contributed by atoms with van der Waals surface area (Å²) in [5.74, 6) is 0.925. The average Bonchev–Trinajstić information content (AvgIpc) is 2.64. The predicted molar refractivity (Wildman–Crippen MR) is 53.2 cm³/mol. The van der Waals surface area contributed by atoms with Crippen molar-refractivity contribution < 1.29 is 13.5 Å². The van der Waals surface area contributed by atoms with Crippen molar-refractivity contribution in [2.75, 3.05) is 7.11 Å². The third kappa shape index (κ3) is 1.70. The van der Waals surface area contributed by atoms with Crippen LogP contribution >= 0.6 is 0 Å². The standard InChI is InChI=1S/C11H10FNO2/c1-7-13-6-10(15-7)11-8(12)4-3-5-9(11)14-2/h3-6H,1-2H3. The molecule has 0 saturated carbocycles. The zero-order valence-corrected chi connectivity index (χ0v) is 8.45. The number of hydrogen-bond donors (Lipinski definition) is 0. The molecule has 15 heavy (non-hydrogen) atoms. The third-order valence-electron chi connectivity index (χ3n) is 2.06. The van der Waals surface area contributed by atoms with Crippen LogP contribution in [0.25, 0.3) is 11.3 Å². The number of nitrogens with zero attached hydrogens (tertiary/aromatic N) is 1. The molecule has 2 rings (SSSR count). The van der Waals surface area contributed by atoms with Crippen molar-refractivity contribution >= 4 is 0 Å². The molecule has 4 heteroatoms. The fraction of sp³-hybridized carbons (Fsp3) is 0.182. The van der Waals surface area contributed by atoms with E-state index in [1.165, 1.54) is 19.4 Å². The highest BCUT2D eigenvalue weighted by Gasteiger charge is 2.14. The van der Waals surface area contributed by atoms with Gasteiger partial charge in [0.2, 0.25) is 0 Å². The molecule has 0 aliphatic rings. The first-order valence-corrected chi connectivity index (χ1v) is 4.47. The number of halogens is 1. The fourth-order valence-electron chi connectivity index (χ4n) is 1.39. The molecular formula is C11H10FNO2. The summed E-state index contributed by atoms with van der Waals surface area (Å²) >= 11 is 0. The first kappa shape index (κ1) is 9.71. The van der Waals surface area contributed by atoms with E-state index in [-0.39, 0.29) is 5.82 Å². The van der Waals surface area contributed by atoms with Gasteiger partial charge in [-0.05, 0) is 12.1 Å². The zero-order valence-electron chi connectivity index (χ0n) is 8.45. The Morgan fingerprint density at radius 1 is 1.40 bits per heavy atom. The third-order valence-corrected chi connectivity index (χ3v) is 2.06. The van der Waals surface area contributed by atoms with E-state index in [0.29, 0.717) is 23.0 Å². The smallest absolute Gasteiger partial charge is 0.191 e. The number of rotatable bonds is 2. The molecule has 1 aromatic carbocycles. The maximum absolute atomic E-state index is 13.6. The molecule has 1 heterocycles. The summed E-state index contributed by atoms with van der Waals surface area (Å²) in [7, 11) is 1.49. The molecule has 3 nitrogen and oxygen atoms in total. The number of methoxy groups -OCH3 is 1. The Morgan fingerprint density at radius 2 is 2.20 bits per heavy atom. The van der Waals surface area contributed by atoms with Crippen molar-refractivity contribution in [3.05, 3.63) is 36.1 Å². The monoisotopic (exact) mass is 207 g/mol. The normalized spacial score (nSPS) is 10.3. The Kier molecular flexibility index (Phi) is 2.41. The van der Waals surface area contributed by atoms with Crippen LogP contribution < -0.4 is 4.74 Å². The Hall–Kier alpha value is -1.84. The fourth-order valence-corrected chi connectivity index (χ4v) is 1.39. The van der Waals surface area contributed by atoms with Crippen LogP contribution in [0.5, 0.6) is 5.75 Å². The lowest BCUT2D eigenvalue weighted by Gasteiger charge is -2.05. The van der Waals surface area contributed by atoms with E-state index in [2.05, 4.69) is 4.98 Å². The average molecular weight is 207 g/mol. The molecule has 0 radical (unpaired) electrons. The molecule has 0 saturated heterocycles. The number of ether oxygens (including phenoxy) is 1. The first-order valence-electron chi connectivity index (χ1n) is 4.47. The van der Waals surface area contributed by atoms with Gasteiger partial charge in [-0.2, -0.15) is 0 Å². The minimum absolute atomic E-state index is 0.306. The molecule has 0 N–H and O–H groups in total. The van der Waals surface area contributed by atoms with Crippen LogP contribution in [0.2, 0.25) is 0 Å². The van der Waals surface area contributed by atoms with Crippen LogP contribution in [-0.2, 0) is 0 Å². The van der Waals surface area contributed by atoms with E-state index in [0.717, 1.165) is 0 Å². The molecule has 78 valence electrons. The van der Waals surface area contributed by atoms with Crippen molar-refractivity contribution in [1.29, 1.82) is 0 Å². The Labute approximate surface area is 86.5 Å². The lowest BCUT2D eigenvalue weighted by atomic mass is 10.1. The van der Waals surface area contributed by atoms with E-state index >= 15 is 0 Å². The number of hydrogen-bond acceptors (Lipinski definition) is 3. The van der Waals surface area contributed by atoms with Crippen LogP contribution in [-0.4, -0.2) is 12.1 Å². The largest absolute Gasteiger partial charge is 0.496 e. The molecule has 2 aromatic rings. The number of oxazole rings is 1. The van der Waals surface area contributed by atoms with E-state index in [9.17, 15) is 4.39 Å². The minimum atomic E-state index is -0.384. The van der Waals surface area contributed by atoms with Gasteiger partial charge in [0.05, 0.1) is 18.9 Å². The molecule has 0 unspecified atom stereocenters. The molecule has 0 amide bonds. The molecule has 0 spiro atoms. The van der Waals surface area contributed by atoms with Crippen LogP contribution in [0, 0.1) is 12.7 Å². The van der Waals surface area contributed by atoms with Gasteiger partial charge in [0.15, 0.2) is 11.7 Å². The quantitative estimate of drug-likeness (QED) is 0.759. The SMILES string of the molecule is COc1cccc(F)c1-c1cnc(C)o1. The zero-order chi connectivity index (χ0) is 10.8. The van der Waals surface area contributed by atoms with Crippen molar-refractivity contribution in [3.63, 3.8) is 0 Å². The first-order chi connectivity index (χ1) is 7.22. The summed E-state index contributed by atoms with van der Waals surface area (Å²) in [5, 5.41) is 0. The summed E-state index contributed by atoms with van der Waals surface area (Å²) in [6, 6.07) is 4.62. The maximum atomic E-state index is 13.6. The van der Waals surface area contributed by atoms with Crippen LogP contribution in [0.4, 0.5) is 4.39 Å². The molecule has 0 aliphatic heterocycles. The van der Waals surface area contributed by atoms with Crippen LogP contribution in [0.3, 0.4) is 0 Å². The minimum Gasteiger partial charge on any atom is -0.496 e. The van der Waals surface area contributed by atoms with Crippen LogP contribution in [0.1, 0.15) is 5.89 Å². The lowest BCUT2D eigenvalue weighted by Crippen LogP contribution is -1.90. The highest BCUT2D eigenvalue weighted by Crippen LogP contribution is 2.32. The Morgan fingerprint density at radius 3 is 2.80 bits per heavy atom. The molecule has 0 fully saturated rings. The van der Waals surface area contributed by atoms with Gasteiger partial charge < -0.3 is 9.15 Å². The number of aryl methyl sites for hydroxylation is 1. The van der Waals surface area contributed by atoms with E-state index in [1.807, 2.05) is 0 Å². The van der Waals surface area contributed by atoms with Crippen molar-refractivity contribution in [2.24, 2.45) is 0 Å². The van der Waals surface area contributed by atoms with E-state index in [4.69, 9.17) is 9.15 Å². The van der Waals surface area contributed by atoms with Gasteiger partial charge >= 0.3 is 0 Å². The molecule has 1 aromatic heterocycles. The van der Waals surface area contributed by atoms with Gasteiger partial charge in [-0.15, -0.1) is 0 Å². The maximum Gasteiger partial charge on any atom is 0.191 e. The van der Waals surface area contributed by atoms with Crippen molar-refractivity contribution in [1.82, 2.24) is 4.98 Å². The van der Waals surface area contributed by atoms with Crippen molar-refractivity contribution in [2.45, 2.75) is 6.92 Å². The summed E-state index contributed by atoms with van der Waals surface area (Å²) in [6.45, 7) is 1.71. The topological polar surface area (TPSA) is 35.3 Å². The number of aromatic nitrogens is 1. The lowest BCUT2D eigenvalue weighted by molar-refractivity contribution is 0.410. The second-order valence-electron chi connectivity index (χ2n) is 3.06. The second-order valence-corrected chi connectivity index (χ2v) is 3.06. The van der Waals surface area contributed by atoms with E-state index in [1.54, 1.807) is 19.1 Å². The van der Waals surface area contributed by atoms with Crippen LogP contribution in [0.15, 0.2) is 28.8 Å². The summed E-state index contributed by atoms with van der Waals surface area (Å²) in [4.78, 5) is 3.92. The van der Waals surface area contributed by atoms with Gasteiger partial charge in [-0.1, -0.05) is 6.07 Å². The highest BCUT2D eigenvalue weighted by atomic mass is 19.1. The number of benzene rings is 1. The molecule has 0 aliphatic carbocycles. The molecule has 0 atom stereocenters. The van der Waals surface area contributed by atoms with E-state index < -0.39 is 0 Å². The molecule has 0 bridgehead atoms. The van der Waals surface area contributed by atoms with Gasteiger partial charge in [-0.25, -0.2) is 9.37 Å².